The van der Waals surface area contributed by atoms with Crippen molar-refractivity contribution in [1.29, 1.82) is 0 Å². The minimum absolute atomic E-state index is 0.514. The Morgan fingerprint density at radius 1 is 0.880 bits per heavy atom. The van der Waals surface area contributed by atoms with Crippen LogP contribution in [0.3, 0.4) is 0 Å². The molecule has 0 aliphatic rings. The highest BCUT2D eigenvalue weighted by Gasteiger charge is 2.30. The molecule has 2 rings (SSSR count). The summed E-state index contributed by atoms with van der Waals surface area (Å²) in [6.07, 6.45) is -4.63. The lowest BCUT2D eigenvalue weighted by atomic mass is 10.2. The maximum absolute atomic E-state index is 13.9. The van der Waals surface area contributed by atoms with Gasteiger partial charge in [0.2, 0.25) is 10.0 Å². The van der Waals surface area contributed by atoms with Crippen LogP contribution in [0.2, 0.25) is 0 Å². The molecule has 0 saturated heterocycles. The Kier molecular flexibility index (Phi) is 4.81. The Morgan fingerprint density at radius 2 is 1.40 bits per heavy atom. The molecular formula is C13H10F4N2O4S2. The van der Waals surface area contributed by atoms with Gasteiger partial charge in [0.25, 0.3) is 10.0 Å². The fourth-order valence-electron chi connectivity index (χ4n) is 1.78. The third kappa shape index (κ3) is 4.46. The number of hydrogen-bond donors (Lipinski definition) is 2. The first-order valence-electron chi connectivity index (χ1n) is 6.33. The number of primary sulfonamides is 1. The topological polar surface area (TPSA) is 106 Å². The molecule has 0 spiro atoms. The molecular weight excluding hydrogens is 388 g/mol. The molecule has 6 nitrogen and oxygen atoms in total. The summed E-state index contributed by atoms with van der Waals surface area (Å²) in [5.41, 5.74) is -1.64. The minimum atomic E-state index is -4.63. The first-order chi connectivity index (χ1) is 11.3. The number of sulfonamides is 2. The Morgan fingerprint density at radius 3 is 1.84 bits per heavy atom. The molecule has 2 aromatic carbocycles. The van der Waals surface area contributed by atoms with Crippen molar-refractivity contribution in [1.82, 2.24) is 0 Å². The van der Waals surface area contributed by atoms with E-state index in [1.54, 1.807) is 0 Å². The Bertz CT molecular complexity index is 1000. The number of rotatable bonds is 4. The zero-order valence-electron chi connectivity index (χ0n) is 12.1. The van der Waals surface area contributed by atoms with Crippen molar-refractivity contribution in [3.8, 4) is 0 Å². The molecule has 3 N–H and O–H groups in total. The summed E-state index contributed by atoms with van der Waals surface area (Å²) in [5.74, 6) is -1.22. The van der Waals surface area contributed by atoms with Crippen molar-refractivity contribution in [3.05, 3.63) is 53.8 Å². The van der Waals surface area contributed by atoms with Crippen LogP contribution in [0.1, 0.15) is 5.56 Å². The van der Waals surface area contributed by atoms with Crippen LogP contribution in [0.4, 0.5) is 23.2 Å². The number of nitrogens with two attached hydrogens (primary N) is 1. The van der Waals surface area contributed by atoms with Gasteiger partial charge in [-0.2, -0.15) is 13.2 Å². The summed E-state index contributed by atoms with van der Waals surface area (Å²) < 4.78 is 99.5. The molecule has 0 fully saturated rings. The molecule has 0 aliphatic carbocycles. The van der Waals surface area contributed by atoms with Crippen LogP contribution in [0.15, 0.2) is 52.3 Å². The summed E-state index contributed by atoms with van der Waals surface area (Å²) in [5, 5.41) is 4.82. The number of anilines is 1. The van der Waals surface area contributed by atoms with E-state index in [1.165, 1.54) is 0 Å². The summed E-state index contributed by atoms with van der Waals surface area (Å²) in [7, 11) is -8.56. The van der Waals surface area contributed by atoms with Crippen molar-refractivity contribution < 1.29 is 34.4 Å². The number of benzene rings is 2. The van der Waals surface area contributed by atoms with E-state index in [9.17, 15) is 34.4 Å². The molecule has 0 radical (unpaired) electrons. The van der Waals surface area contributed by atoms with Gasteiger partial charge in [0.05, 0.1) is 21.0 Å². The third-order valence-electron chi connectivity index (χ3n) is 3.01. The molecule has 2 aromatic rings. The van der Waals surface area contributed by atoms with Crippen LogP contribution in [-0.4, -0.2) is 16.8 Å². The van der Waals surface area contributed by atoms with E-state index in [-0.39, 0.29) is 0 Å². The second-order valence-corrected chi connectivity index (χ2v) is 8.06. The molecule has 0 saturated carbocycles. The fourth-order valence-corrected chi connectivity index (χ4v) is 3.38. The van der Waals surface area contributed by atoms with Crippen molar-refractivity contribution in [2.24, 2.45) is 5.14 Å². The molecule has 0 aromatic heterocycles. The molecule has 25 heavy (non-hydrogen) atoms. The fraction of sp³-hybridized carbons (Fsp3) is 0.0769. The largest absolute Gasteiger partial charge is 0.416 e. The smallest absolute Gasteiger partial charge is 0.277 e. The van der Waals surface area contributed by atoms with Gasteiger partial charge in [-0.1, -0.05) is 0 Å². The highest BCUT2D eigenvalue weighted by Crippen LogP contribution is 2.30. The van der Waals surface area contributed by atoms with Crippen LogP contribution in [0.25, 0.3) is 0 Å². The van der Waals surface area contributed by atoms with E-state index in [4.69, 9.17) is 5.14 Å². The molecule has 0 aliphatic heterocycles. The zero-order valence-corrected chi connectivity index (χ0v) is 13.7. The first-order valence-corrected chi connectivity index (χ1v) is 9.36. The molecule has 0 amide bonds. The second kappa shape index (κ2) is 6.28. The monoisotopic (exact) mass is 398 g/mol. The predicted octanol–water partition coefficient (Wildman–Crippen LogP) is 2.29. The minimum Gasteiger partial charge on any atom is -0.277 e. The van der Waals surface area contributed by atoms with E-state index in [0.29, 0.717) is 30.3 Å². The molecule has 136 valence electrons. The van der Waals surface area contributed by atoms with Gasteiger partial charge in [-0.15, -0.1) is 0 Å². The summed E-state index contributed by atoms with van der Waals surface area (Å²) in [6.45, 7) is 0. The molecule has 12 heteroatoms. The summed E-state index contributed by atoms with van der Waals surface area (Å²) >= 11 is 0. The standard InChI is InChI=1S/C13H10F4N2O4S2/c14-11-7-10(24(18,20)21)5-6-12(11)19-25(22,23)9-3-1-8(2-4-9)13(15,16)17/h1-7,19H,(H2,18,20,21). The van der Waals surface area contributed by atoms with Gasteiger partial charge in [-0.3, -0.25) is 4.72 Å². The van der Waals surface area contributed by atoms with Crippen molar-refractivity contribution >= 4 is 25.7 Å². The van der Waals surface area contributed by atoms with E-state index in [2.05, 4.69) is 0 Å². The van der Waals surface area contributed by atoms with Gasteiger partial charge in [0, 0.05) is 0 Å². The average molecular weight is 398 g/mol. The Balaban J connectivity index is 2.33. The quantitative estimate of drug-likeness (QED) is 0.771. The predicted molar refractivity (Wildman–Crippen MR) is 80.0 cm³/mol. The van der Waals surface area contributed by atoms with E-state index in [0.717, 1.165) is 12.1 Å². The van der Waals surface area contributed by atoms with Crippen LogP contribution in [-0.2, 0) is 26.2 Å². The van der Waals surface area contributed by atoms with Crippen LogP contribution in [0, 0.1) is 5.82 Å². The third-order valence-corrected chi connectivity index (χ3v) is 5.30. The highest BCUT2D eigenvalue weighted by molar-refractivity contribution is 7.92. The van der Waals surface area contributed by atoms with Crippen LogP contribution in [0.5, 0.6) is 0 Å². The van der Waals surface area contributed by atoms with Crippen molar-refractivity contribution in [2.45, 2.75) is 16.0 Å². The molecule has 0 bridgehead atoms. The van der Waals surface area contributed by atoms with Crippen LogP contribution < -0.4 is 9.86 Å². The SMILES string of the molecule is NS(=O)(=O)c1ccc(NS(=O)(=O)c2ccc(C(F)(F)F)cc2)c(F)c1. The van der Waals surface area contributed by atoms with Gasteiger partial charge in [-0.25, -0.2) is 26.4 Å². The Labute approximate surface area is 140 Å². The summed E-state index contributed by atoms with van der Waals surface area (Å²) in [6, 6.07) is 4.77. The molecule has 0 atom stereocenters. The maximum atomic E-state index is 13.9. The molecule has 0 unspecified atom stereocenters. The van der Waals surface area contributed by atoms with E-state index < -0.39 is 53.1 Å². The lowest BCUT2D eigenvalue weighted by Gasteiger charge is -2.11. The first kappa shape index (κ1) is 19.1. The van der Waals surface area contributed by atoms with Gasteiger partial charge in [0.15, 0.2) is 0 Å². The van der Waals surface area contributed by atoms with Crippen molar-refractivity contribution in [3.63, 3.8) is 0 Å². The normalized spacial score (nSPS) is 12.8. The summed E-state index contributed by atoms with van der Waals surface area (Å²) in [4.78, 5) is -1.10. The van der Waals surface area contributed by atoms with E-state index >= 15 is 0 Å². The maximum Gasteiger partial charge on any atom is 0.416 e. The lowest BCUT2D eigenvalue weighted by Crippen LogP contribution is -2.16. The number of nitrogens with one attached hydrogen (secondary N) is 1. The average Bonchev–Trinajstić information content (AvgIpc) is 2.47. The molecule has 0 heterocycles. The van der Waals surface area contributed by atoms with Gasteiger partial charge in [-0.05, 0) is 42.5 Å². The number of halogens is 4. The zero-order chi connectivity index (χ0) is 19.0. The lowest BCUT2D eigenvalue weighted by molar-refractivity contribution is -0.137. The van der Waals surface area contributed by atoms with Crippen molar-refractivity contribution in [2.75, 3.05) is 4.72 Å². The van der Waals surface area contributed by atoms with Crippen LogP contribution >= 0.6 is 0 Å². The van der Waals surface area contributed by atoms with Gasteiger partial charge < -0.3 is 0 Å². The number of alkyl halides is 3. The van der Waals surface area contributed by atoms with E-state index in [1.807, 2.05) is 4.72 Å². The second-order valence-electron chi connectivity index (χ2n) is 4.81. The van der Waals surface area contributed by atoms with Gasteiger partial charge in [0.1, 0.15) is 5.82 Å². The Hall–Kier alpha value is -2.18. The highest BCUT2D eigenvalue weighted by atomic mass is 32.2. The number of hydrogen-bond acceptors (Lipinski definition) is 4. The van der Waals surface area contributed by atoms with Gasteiger partial charge >= 0.3 is 6.18 Å².